The summed E-state index contributed by atoms with van der Waals surface area (Å²) >= 11 is 0. The van der Waals surface area contributed by atoms with Crippen LogP contribution >= 0.6 is 0 Å². The van der Waals surface area contributed by atoms with Gasteiger partial charge < -0.3 is 14.8 Å². The molecule has 1 N–H and O–H groups in total. The first-order chi connectivity index (χ1) is 12.2. The lowest BCUT2D eigenvalue weighted by molar-refractivity contribution is -0.139. The summed E-state index contributed by atoms with van der Waals surface area (Å²) in [4.78, 5) is 12.5. The highest BCUT2D eigenvalue weighted by molar-refractivity contribution is 5.92. The van der Waals surface area contributed by atoms with E-state index in [0.717, 1.165) is 44.6 Å². The molecule has 1 aromatic carbocycles. The third-order valence-corrected chi connectivity index (χ3v) is 4.98. The van der Waals surface area contributed by atoms with E-state index in [9.17, 15) is 4.79 Å². The van der Waals surface area contributed by atoms with Crippen molar-refractivity contribution in [3.63, 3.8) is 0 Å². The Hall–Kier alpha value is -2.25. The SMILES string of the molecule is O=C(NC1CCOC2(CCOCC2)C1)c1cn(-c2ccccc2)nn1. The van der Waals surface area contributed by atoms with Crippen molar-refractivity contribution in [2.24, 2.45) is 0 Å². The minimum absolute atomic E-state index is 0.0984. The highest BCUT2D eigenvalue weighted by Crippen LogP contribution is 2.34. The van der Waals surface area contributed by atoms with Gasteiger partial charge in [-0.2, -0.15) is 0 Å². The molecule has 25 heavy (non-hydrogen) atoms. The number of benzene rings is 1. The molecule has 2 aliphatic heterocycles. The van der Waals surface area contributed by atoms with Crippen LogP contribution in [-0.2, 0) is 9.47 Å². The normalized spacial score (nSPS) is 22.6. The summed E-state index contributed by atoms with van der Waals surface area (Å²) in [6.07, 6.45) is 5.09. The summed E-state index contributed by atoms with van der Waals surface area (Å²) in [5.41, 5.74) is 1.06. The third-order valence-electron chi connectivity index (χ3n) is 4.98. The molecular formula is C18H22N4O3. The number of carbonyl (C=O) groups excluding carboxylic acids is 1. The fourth-order valence-corrected chi connectivity index (χ4v) is 3.58. The lowest BCUT2D eigenvalue weighted by atomic mass is 9.84. The fraction of sp³-hybridized carbons (Fsp3) is 0.500. The van der Waals surface area contributed by atoms with Crippen molar-refractivity contribution in [2.45, 2.75) is 37.3 Å². The molecule has 2 saturated heterocycles. The Morgan fingerprint density at radius 3 is 2.80 bits per heavy atom. The third kappa shape index (κ3) is 3.57. The number of aromatic nitrogens is 3. The molecule has 3 heterocycles. The molecule has 0 saturated carbocycles. The number of rotatable bonds is 3. The predicted octanol–water partition coefficient (Wildman–Crippen LogP) is 1.73. The number of nitrogens with zero attached hydrogens (tertiary/aromatic N) is 3. The molecule has 1 atom stereocenters. The number of hydrogen-bond acceptors (Lipinski definition) is 5. The molecular weight excluding hydrogens is 320 g/mol. The largest absolute Gasteiger partial charge is 0.381 e. The molecule has 7 nitrogen and oxygen atoms in total. The van der Waals surface area contributed by atoms with Crippen LogP contribution in [0, 0.1) is 0 Å². The summed E-state index contributed by atoms with van der Waals surface area (Å²) in [6, 6.07) is 9.72. The molecule has 2 aliphatic rings. The Labute approximate surface area is 146 Å². The van der Waals surface area contributed by atoms with Gasteiger partial charge in [0.1, 0.15) is 0 Å². The molecule has 4 rings (SSSR count). The zero-order chi connectivity index (χ0) is 17.1. The van der Waals surface area contributed by atoms with Crippen molar-refractivity contribution in [3.05, 3.63) is 42.2 Å². The van der Waals surface area contributed by atoms with Crippen LogP contribution in [0.4, 0.5) is 0 Å². The summed E-state index contributed by atoms with van der Waals surface area (Å²) in [5, 5.41) is 11.2. The molecule has 0 aliphatic carbocycles. The summed E-state index contributed by atoms with van der Waals surface area (Å²) in [5.74, 6) is -0.184. The lowest BCUT2D eigenvalue weighted by Crippen LogP contribution is -2.51. The molecule has 0 radical (unpaired) electrons. The second kappa shape index (κ2) is 6.93. The minimum Gasteiger partial charge on any atom is -0.381 e. The van der Waals surface area contributed by atoms with Gasteiger partial charge in [-0.15, -0.1) is 5.10 Å². The van der Waals surface area contributed by atoms with Gasteiger partial charge >= 0.3 is 0 Å². The zero-order valence-electron chi connectivity index (χ0n) is 14.1. The van der Waals surface area contributed by atoms with Crippen LogP contribution in [0.2, 0.25) is 0 Å². The van der Waals surface area contributed by atoms with Gasteiger partial charge in [-0.05, 0) is 37.8 Å². The maximum absolute atomic E-state index is 12.5. The van der Waals surface area contributed by atoms with Gasteiger partial charge in [0.05, 0.1) is 17.5 Å². The van der Waals surface area contributed by atoms with Crippen LogP contribution in [-0.4, -0.2) is 52.4 Å². The average molecular weight is 342 g/mol. The fourth-order valence-electron chi connectivity index (χ4n) is 3.58. The second-order valence-corrected chi connectivity index (χ2v) is 6.69. The molecule has 7 heteroatoms. The van der Waals surface area contributed by atoms with Crippen molar-refractivity contribution >= 4 is 5.91 Å². The van der Waals surface area contributed by atoms with Crippen molar-refractivity contribution in [3.8, 4) is 5.69 Å². The number of para-hydroxylation sites is 1. The molecule has 132 valence electrons. The minimum atomic E-state index is -0.184. The second-order valence-electron chi connectivity index (χ2n) is 6.69. The van der Waals surface area contributed by atoms with Crippen LogP contribution in [0.25, 0.3) is 5.69 Å². The Morgan fingerprint density at radius 2 is 2.00 bits per heavy atom. The first kappa shape index (κ1) is 16.2. The van der Waals surface area contributed by atoms with Gasteiger partial charge in [0.25, 0.3) is 5.91 Å². The average Bonchev–Trinajstić information content (AvgIpc) is 3.14. The molecule has 0 bridgehead atoms. The van der Waals surface area contributed by atoms with Crippen LogP contribution in [0.15, 0.2) is 36.5 Å². The van der Waals surface area contributed by atoms with E-state index in [1.54, 1.807) is 10.9 Å². The van der Waals surface area contributed by atoms with E-state index in [1.165, 1.54) is 0 Å². The first-order valence-corrected chi connectivity index (χ1v) is 8.74. The van der Waals surface area contributed by atoms with Gasteiger partial charge in [-0.3, -0.25) is 4.79 Å². The standard InChI is InChI=1S/C18H22N4O3/c23-17(16-13-22(21-20-16)15-4-2-1-3-5-15)19-14-6-9-25-18(12-14)7-10-24-11-8-18/h1-5,13-14H,6-12H2,(H,19,23). The number of amides is 1. The van der Waals surface area contributed by atoms with Crippen LogP contribution in [0.1, 0.15) is 36.2 Å². The Morgan fingerprint density at radius 1 is 1.20 bits per heavy atom. The van der Waals surface area contributed by atoms with Crippen LogP contribution < -0.4 is 5.32 Å². The predicted molar refractivity (Wildman–Crippen MR) is 90.6 cm³/mol. The Balaban J connectivity index is 1.41. The zero-order valence-corrected chi connectivity index (χ0v) is 14.1. The first-order valence-electron chi connectivity index (χ1n) is 8.74. The van der Waals surface area contributed by atoms with Crippen molar-refractivity contribution < 1.29 is 14.3 Å². The summed E-state index contributed by atoms with van der Waals surface area (Å²) in [6.45, 7) is 2.12. The van der Waals surface area contributed by atoms with E-state index < -0.39 is 0 Å². The maximum atomic E-state index is 12.5. The van der Waals surface area contributed by atoms with E-state index in [0.29, 0.717) is 12.3 Å². The molecule has 1 amide bonds. The van der Waals surface area contributed by atoms with Gasteiger partial charge in [-0.1, -0.05) is 23.4 Å². The van der Waals surface area contributed by atoms with E-state index >= 15 is 0 Å². The van der Waals surface area contributed by atoms with Crippen molar-refractivity contribution in [1.29, 1.82) is 0 Å². The van der Waals surface area contributed by atoms with Gasteiger partial charge in [0.2, 0.25) is 0 Å². The van der Waals surface area contributed by atoms with Gasteiger partial charge in [0, 0.05) is 25.9 Å². The topological polar surface area (TPSA) is 78.3 Å². The van der Waals surface area contributed by atoms with Gasteiger partial charge in [0.15, 0.2) is 5.69 Å². The van der Waals surface area contributed by atoms with Crippen LogP contribution in [0.5, 0.6) is 0 Å². The number of ether oxygens (including phenoxy) is 2. The Kier molecular flexibility index (Phi) is 4.50. The van der Waals surface area contributed by atoms with Crippen molar-refractivity contribution in [2.75, 3.05) is 19.8 Å². The molecule has 1 unspecified atom stereocenters. The molecule has 1 aromatic heterocycles. The van der Waals surface area contributed by atoms with E-state index in [4.69, 9.17) is 9.47 Å². The summed E-state index contributed by atoms with van der Waals surface area (Å²) in [7, 11) is 0. The number of carbonyl (C=O) groups is 1. The summed E-state index contributed by atoms with van der Waals surface area (Å²) < 4.78 is 13.1. The molecule has 2 aromatic rings. The number of hydrogen-bond donors (Lipinski definition) is 1. The van der Waals surface area contributed by atoms with Crippen LogP contribution in [0.3, 0.4) is 0 Å². The highest BCUT2D eigenvalue weighted by atomic mass is 16.5. The maximum Gasteiger partial charge on any atom is 0.273 e. The highest BCUT2D eigenvalue weighted by Gasteiger charge is 2.39. The quantitative estimate of drug-likeness (QED) is 0.919. The monoisotopic (exact) mass is 342 g/mol. The van der Waals surface area contributed by atoms with E-state index in [-0.39, 0.29) is 17.6 Å². The Bertz CT molecular complexity index is 719. The van der Waals surface area contributed by atoms with Gasteiger partial charge in [-0.25, -0.2) is 4.68 Å². The van der Waals surface area contributed by atoms with E-state index in [1.807, 2.05) is 30.3 Å². The molecule has 2 fully saturated rings. The lowest BCUT2D eigenvalue weighted by Gasteiger charge is -2.43. The molecule has 1 spiro atoms. The van der Waals surface area contributed by atoms with E-state index in [2.05, 4.69) is 15.6 Å². The smallest absolute Gasteiger partial charge is 0.273 e. The number of nitrogens with one attached hydrogen (secondary N) is 1. The van der Waals surface area contributed by atoms with Crippen molar-refractivity contribution in [1.82, 2.24) is 20.3 Å².